The Morgan fingerprint density at radius 1 is 1.43 bits per heavy atom. The molecule has 1 N–H and O–H groups in total. The van der Waals surface area contributed by atoms with Crippen LogP contribution < -0.4 is 10.1 Å². The lowest BCUT2D eigenvalue weighted by Gasteiger charge is -2.24. The van der Waals surface area contributed by atoms with E-state index >= 15 is 0 Å². The first-order chi connectivity index (χ1) is 11.0. The standard InChI is InChI=1S/C17H25N3O3/c1-5-20(17(21)18-12(2)3)11-15-10-16(19-23-15)13-6-8-14(22-4)9-7-13/h6-9,12,15H,5,10-11H2,1-4H3,(H,18,21)/t15-/m1/s1. The highest BCUT2D eigenvalue weighted by atomic mass is 16.6. The number of likely N-dealkylation sites (N-methyl/N-ethyl adjacent to an activating group) is 1. The molecule has 1 heterocycles. The SMILES string of the molecule is CCN(C[C@H]1CC(c2ccc(OC)cc2)=NO1)C(=O)NC(C)C. The van der Waals surface area contributed by atoms with Gasteiger partial charge < -0.3 is 19.8 Å². The molecule has 6 heteroatoms. The van der Waals surface area contributed by atoms with E-state index in [-0.39, 0.29) is 18.2 Å². The summed E-state index contributed by atoms with van der Waals surface area (Å²) >= 11 is 0. The topological polar surface area (TPSA) is 63.2 Å². The number of hydrogen-bond donors (Lipinski definition) is 1. The van der Waals surface area contributed by atoms with Crippen LogP contribution in [0.2, 0.25) is 0 Å². The van der Waals surface area contributed by atoms with Crippen LogP contribution in [0.1, 0.15) is 32.8 Å². The van der Waals surface area contributed by atoms with Gasteiger partial charge in [-0.3, -0.25) is 0 Å². The van der Waals surface area contributed by atoms with E-state index in [4.69, 9.17) is 9.57 Å². The molecule has 0 fully saturated rings. The molecule has 0 saturated heterocycles. The first-order valence-corrected chi connectivity index (χ1v) is 7.96. The van der Waals surface area contributed by atoms with E-state index in [0.29, 0.717) is 19.5 Å². The first-order valence-electron chi connectivity index (χ1n) is 7.96. The quantitative estimate of drug-likeness (QED) is 0.876. The highest BCUT2D eigenvalue weighted by Gasteiger charge is 2.26. The fourth-order valence-electron chi connectivity index (χ4n) is 2.42. The Kier molecular flexibility index (Phi) is 5.84. The number of amides is 2. The van der Waals surface area contributed by atoms with Crippen LogP contribution in [-0.4, -0.2) is 49.0 Å². The van der Waals surface area contributed by atoms with E-state index in [9.17, 15) is 4.79 Å². The molecular weight excluding hydrogens is 294 g/mol. The summed E-state index contributed by atoms with van der Waals surface area (Å²) in [6, 6.07) is 7.79. The van der Waals surface area contributed by atoms with Crippen LogP contribution in [0.15, 0.2) is 29.4 Å². The number of ether oxygens (including phenoxy) is 1. The second-order valence-corrected chi connectivity index (χ2v) is 5.84. The minimum atomic E-state index is -0.107. The van der Waals surface area contributed by atoms with Crippen LogP contribution in [0.25, 0.3) is 0 Å². The van der Waals surface area contributed by atoms with Gasteiger partial charge in [0.25, 0.3) is 0 Å². The van der Waals surface area contributed by atoms with Crippen molar-refractivity contribution >= 4 is 11.7 Å². The summed E-state index contributed by atoms with van der Waals surface area (Å²) in [6.07, 6.45) is 0.586. The maximum absolute atomic E-state index is 12.1. The van der Waals surface area contributed by atoms with E-state index in [1.54, 1.807) is 12.0 Å². The summed E-state index contributed by atoms with van der Waals surface area (Å²) in [6.45, 7) is 7.01. The molecule has 0 bridgehead atoms. The molecular formula is C17H25N3O3. The van der Waals surface area contributed by atoms with Crippen molar-refractivity contribution in [1.82, 2.24) is 10.2 Å². The summed E-state index contributed by atoms with van der Waals surface area (Å²) in [5.41, 5.74) is 1.92. The molecule has 1 aliphatic rings. The van der Waals surface area contributed by atoms with Crippen LogP contribution in [0.5, 0.6) is 5.75 Å². The zero-order valence-electron chi connectivity index (χ0n) is 14.2. The maximum Gasteiger partial charge on any atom is 0.317 e. The molecule has 2 rings (SSSR count). The third-order valence-electron chi connectivity index (χ3n) is 3.66. The van der Waals surface area contributed by atoms with Gasteiger partial charge in [-0.15, -0.1) is 0 Å². The molecule has 1 atom stereocenters. The number of nitrogens with zero attached hydrogens (tertiary/aromatic N) is 2. The number of methoxy groups -OCH3 is 1. The molecule has 126 valence electrons. The molecule has 1 aliphatic heterocycles. The number of carbonyl (C=O) groups is 1. The highest BCUT2D eigenvalue weighted by molar-refractivity contribution is 6.01. The van der Waals surface area contributed by atoms with Gasteiger partial charge in [0.2, 0.25) is 0 Å². The Bertz CT molecular complexity index is 555. The highest BCUT2D eigenvalue weighted by Crippen LogP contribution is 2.20. The Hall–Kier alpha value is -2.24. The number of nitrogens with one attached hydrogen (secondary N) is 1. The summed E-state index contributed by atoms with van der Waals surface area (Å²) in [5, 5.41) is 7.07. The van der Waals surface area contributed by atoms with Gasteiger partial charge in [-0.2, -0.15) is 0 Å². The lowest BCUT2D eigenvalue weighted by atomic mass is 10.0. The van der Waals surface area contributed by atoms with Gasteiger partial charge in [0.05, 0.1) is 19.4 Å². The molecule has 0 radical (unpaired) electrons. The van der Waals surface area contributed by atoms with Crippen molar-refractivity contribution in [3.63, 3.8) is 0 Å². The summed E-state index contributed by atoms with van der Waals surface area (Å²) < 4.78 is 5.16. The van der Waals surface area contributed by atoms with Gasteiger partial charge in [0, 0.05) is 19.0 Å². The average molecular weight is 319 g/mol. The van der Waals surface area contributed by atoms with E-state index in [2.05, 4.69) is 10.5 Å². The molecule has 1 aromatic rings. The number of benzene rings is 1. The Morgan fingerprint density at radius 2 is 2.13 bits per heavy atom. The molecule has 0 saturated carbocycles. The summed E-state index contributed by atoms with van der Waals surface area (Å²) in [5.74, 6) is 0.812. The van der Waals surface area contributed by atoms with E-state index in [0.717, 1.165) is 17.0 Å². The molecule has 0 aliphatic carbocycles. The molecule has 0 spiro atoms. The number of hydrogen-bond acceptors (Lipinski definition) is 4. The van der Waals surface area contributed by atoms with Crippen molar-refractivity contribution in [3.05, 3.63) is 29.8 Å². The van der Waals surface area contributed by atoms with Gasteiger partial charge in [-0.05, 0) is 50.6 Å². The molecule has 2 amide bonds. The van der Waals surface area contributed by atoms with Gasteiger partial charge in [-0.1, -0.05) is 5.16 Å². The predicted octanol–water partition coefficient (Wildman–Crippen LogP) is 2.63. The van der Waals surface area contributed by atoms with Gasteiger partial charge >= 0.3 is 6.03 Å². The minimum absolute atomic E-state index is 0.0657. The zero-order chi connectivity index (χ0) is 16.8. The van der Waals surface area contributed by atoms with Crippen molar-refractivity contribution in [3.8, 4) is 5.75 Å². The Balaban J connectivity index is 1.91. The van der Waals surface area contributed by atoms with Crippen molar-refractivity contribution in [2.24, 2.45) is 5.16 Å². The number of carbonyl (C=O) groups excluding carboxylic acids is 1. The third kappa shape index (κ3) is 4.61. The predicted molar refractivity (Wildman–Crippen MR) is 89.9 cm³/mol. The number of rotatable bonds is 6. The lowest BCUT2D eigenvalue weighted by Crippen LogP contribution is -2.45. The van der Waals surface area contributed by atoms with Crippen LogP contribution in [0, 0.1) is 0 Å². The summed E-state index contributed by atoms with van der Waals surface area (Å²) in [4.78, 5) is 19.3. The number of urea groups is 1. The molecule has 23 heavy (non-hydrogen) atoms. The second kappa shape index (κ2) is 7.85. The van der Waals surface area contributed by atoms with Crippen LogP contribution >= 0.6 is 0 Å². The fourth-order valence-corrected chi connectivity index (χ4v) is 2.42. The molecule has 6 nitrogen and oxygen atoms in total. The maximum atomic E-state index is 12.1. The Morgan fingerprint density at radius 3 is 2.70 bits per heavy atom. The smallest absolute Gasteiger partial charge is 0.317 e. The zero-order valence-corrected chi connectivity index (χ0v) is 14.2. The molecule has 0 aromatic heterocycles. The first kappa shape index (κ1) is 17.1. The van der Waals surface area contributed by atoms with Gasteiger partial charge in [-0.25, -0.2) is 4.79 Å². The van der Waals surface area contributed by atoms with E-state index in [1.165, 1.54) is 0 Å². The van der Waals surface area contributed by atoms with Crippen molar-refractivity contribution in [2.45, 2.75) is 39.3 Å². The normalized spacial score (nSPS) is 16.7. The molecule has 0 unspecified atom stereocenters. The lowest BCUT2D eigenvalue weighted by molar-refractivity contribution is 0.0614. The van der Waals surface area contributed by atoms with Crippen molar-refractivity contribution in [2.75, 3.05) is 20.2 Å². The van der Waals surface area contributed by atoms with Crippen LogP contribution in [-0.2, 0) is 4.84 Å². The van der Waals surface area contributed by atoms with Crippen molar-refractivity contribution < 1.29 is 14.4 Å². The van der Waals surface area contributed by atoms with Gasteiger partial charge in [0.15, 0.2) is 6.10 Å². The van der Waals surface area contributed by atoms with E-state index in [1.807, 2.05) is 45.0 Å². The van der Waals surface area contributed by atoms with Crippen LogP contribution in [0.4, 0.5) is 4.79 Å². The van der Waals surface area contributed by atoms with Gasteiger partial charge in [0.1, 0.15) is 5.75 Å². The third-order valence-corrected chi connectivity index (χ3v) is 3.66. The average Bonchev–Trinajstić information content (AvgIpc) is 3.00. The largest absolute Gasteiger partial charge is 0.497 e. The molecule has 1 aromatic carbocycles. The Labute approximate surface area is 137 Å². The van der Waals surface area contributed by atoms with E-state index < -0.39 is 0 Å². The number of oxime groups is 1. The van der Waals surface area contributed by atoms with Crippen molar-refractivity contribution in [1.29, 1.82) is 0 Å². The van der Waals surface area contributed by atoms with Crippen LogP contribution in [0.3, 0.4) is 0 Å². The summed E-state index contributed by atoms with van der Waals surface area (Å²) in [7, 11) is 1.64. The monoisotopic (exact) mass is 319 g/mol. The fraction of sp³-hybridized carbons (Fsp3) is 0.529. The second-order valence-electron chi connectivity index (χ2n) is 5.84. The minimum Gasteiger partial charge on any atom is -0.497 e.